The van der Waals surface area contributed by atoms with Gasteiger partial charge in [0.05, 0.1) is 12.8 Å². The lowest BCUT2D eigenvalue weighted by Crippen LogP contribution is -2.42. The molecule has 0 fully saturated rings. The Labute approximate surface area is 165 Å². The Morgan fingerprint density at radius 2 is 2.08 bits per heavy atom. The van der Waals surface area contributed by atoms with Crippen molar-refractivity contribution in [1.82, 2.24) is 10.6 Å². The van der Waals surface area contributed by atoms with E-state index in [0.29, 0.717) is 17.6 Å². The van der Waals surface area contributed by atoms with Crippen molar-refractivity contribution in [1.29, 1.82) is 0 Å². The molecule has 1 aliphatic carbocycles. The van der Waals surface area contributed by atoms with E-state index >= 15 is 0 Å². The van der Waals surface area contributed by atoms with Crippen molar-refractivity contribution in [2.45, 2.75) is 31.8 Å². The number of hydrogen-bond donors (Lipinski definition) is 3. The largest absolute Gasteiger partial charge is 0.466 e. The quantitative estimate of drug-likeness (QED) is 0.356. The lowest BCUT2D eigenvalue weighted by atomic mass is 9.78. The molecular formula is C19H26IN3O2. The van der Waals surface area contributed by atoms with Gasteiger partial charge in [0.2, 0.25) is 0 Å². The fourth-order valence-corrected chi connectivity index (χ4v) is 3.00. The van der Waals surface area contributed by atoms with Crippen molar-refractivity contribution in [3.63, 3.8) is 0 Å². The van der Waals surface area contributed by atoms with Gasteiger partial charge in [0.15, 0.2) is 5.96 Å². The highest BCUT2D eigenvalue weighted by molar-refractivity contribution is 14.0. The van der Waals surface area contributed by atoms with E-state index in [4.69, 9.17) is 4.42 Å². The van der Waals surface area contributed by atoms with Crippen molar-refractivity contribution in [2.75, 3.05) is 19.6 Å². The molecule has 3 N–H and O–H groups in total. The number of guanidine groups is 1. The molecule has 2 aromatic rings. The Morgan fingerprint density at radius 3 is 2.76 bits per heavy atom. The maximum absolute atomic E-state index is 10.5. The summed E-state index contributed by atoms with van der Waals surface area (Å²) in [4.78, 5) is 4.51. The van der Waals surface area contributed by atoms with Crippen LogP contribution in [-0.2, 0) is 12.0 Å². The van der Waals surface area contributed by atoms with Crippen LogP contribution in [0.15, 0.2) is 52.1 Å². The first-order chi connectivity index (χ1) is 11.6. The number of halogens is 1. The first-order valence-corrected chi connectivity index (χ1v) is 8.46. The van der Waals surface area contributed by atoms with Gasteiger partial charge in [-0.15, -0.1) is 24.0 Å². The molecule has 25 heavy (non-hydrogen) atoms. The van der Waals surface area contributed by atoms with Crippen LogP contribution in [0.25, 0.3) is 0 Å². The molecule has 0 amide bonds. The van der Waals surface area contributed by atoms with Crippen molar-refractivity contribution in [2.24, 2.45) is 4.99 Å². The Hall–Kier alpha value is -1.54. The van der Waals surface area contributed by atoms with Crippen LogP contribution in [0, 0.1) is 0 Å². The average molecular weight is 455 g/mol. The van der Waals surface area contributed by atoms with E-state index in [0.717, 1.165) is 19.5 Å². The van der Waals surface area contributed by atoms with Gasteiger partial charge in [-0.05, 0) is 43.5 Å². The van der Waals surface area contributed by atoms with Crippen molar-refractivity contribution < 1.29 is 9.52 Å². The third kappa shape index (κ3) is 4.76. The fourth-order valence-electron chi connectivity index (χ4n) is 3.00. The normalized spacial score (nSPS) is 18.4. The third-order valence-electron chi connectivity index (χ3n) is 4.42. The van der Waals surface area contributed by atoms with Crippen LogP contribution < -0.4 is 10.6 Å². The van der Waals surface area contributed by atoms with Crippen LogP contribution in [0.2, 0.25) is 0 Å². The maximum atomic E-state index is 10.5. The minimum absolute atomic E-state index is 0. The SMILES string of the molecule is CCNC(=NCC(C)(O)c1ccco1)NCC1Cc2ccccc21.I. The minimum atomic E-state index is -1.12. The van der Waals surface area contributed by atoms with E-state index in [-0.39, 0.29) is 30.5 Å². The highest BCUT2D eigenvalue weighted by Gasteiger charge is 2.27. The van der Waals surface area contributed by atoms with Crippen molar-refractivity contribution >= 4 is 29.9 Å². The first kappa shape index (κ1) is 19.8. The van der Waals surface area contributed by atoms with Gasteiger partial charge < -0.3 is 20.2 Å². The number of furan rings is 1. The molecule has 5 nitrogen and oxygen atoms in total. The van der Waals surface area contributed by atoms with Crippen LogP contribution in [0.1, 0.15) is 36.7 Å². The highest BCUT2D eigenvalue weighted by atomic mass is 127. The number of benzene rings is 1. The Bertz CT molecular complexity index is 698. The summed E-state index contributed by atoms with van der Waals surface area (Å²) in [5, 5.41) is 17.1. The first-order valence-electron chi connectivity index (χ1n) is 8.46. The summed E-state index contributed by atoms with van der Waals surface area (Å²) in [5.41, 5.74) is 1.74. The molecule has 0 aliphatic heterocycles. The summed E-state index contributed by atoms with van der Waals surface area (Å²) in [6, 6.07) is 12.1. The number of nitrogens with zero attached hydrogens (tertiary/aromatic N) is 1. The van der Waals surface area contributed by atoms with Gasteiger partial charge in [-0.1, -0.05) is 24.3 Å². The zero-order valence-electron chi connectivity index (χ0n) is 14.7. The summed E-state index contributed by atoms with van der Waals surface area (Å²) in [7, 11) is 0. The molecule has 0 saturated carbocycles. The monoisotopic (exact) mass is 455 g/mol. The van der Waals surface area contributed by atoms with Crippen molar-refractivity contribution in [3.05, 3.63) is 59.5 Å². The van der Waals surface area contributed by atoms with E-state index < -0.39 is 5.60 Å². The smallest absolute Gasteiger partial charge is 0.191 e. The third-order valence-corrected chi connectivity index (χ3v) is 4.42. The van der Waals surface area contributed by atoms with Gasteiger partial charge in [-0.3, -0.25) is 0 Å². The molecule has 1 aromatic heterocycles. The standard InChI is InChI=1S/C19H25N3O2.HI/c1-3-20-18(22-13-19(2,23)17-9-6-10-24-17)21-12-15-11-14-7-4-5-8-16(14)15;/h4-10,15,23H,3,11-13H2,1-2H3,(H2,20,21,22);1H. The Balaban J connectivity index is 0.00000225. The molecule has 0 saturated heterocycles. The molecular weight excluding hydrogens is 429 g/mol. The van der Waals surface area contributed by atoms with Crippen LogP contribution in [0.3, 0.4) is 0 Å². The topological polar surface area (TPSA) is 69.8 Å². The second kappa shape index (κ2) is 8.71. The zero-order valence-corrected chi connectivity index (χ0v) is 17.0. The van der Waals surface area contributed by atoms with Crippen LogP contribution >= 0.6 is 24.0 Å². The molecule has 0 radical (unpaired) electrons. The molecule has 3 rings (SSSR count). The zero-order chi connectivity index (χ0) is 17.0. The fraction of sp³-hybridized carbons (Fsp3) is 0.421. The van der Waals surface area contributed by atoms with Crippen molar-refractivity contribution in [3.8, 4) is 0 Å². The lowest BCUT2D eigenvalue weighted by Gasteiger charge is -2.30. The number of aliphatic hydroxyl groups is 1. The molecule has 1 aromatic carbocycles. The second-order valence-electron chi connectivity index (χ2n) is 6.43. The number of aliphatic imine (C=N–C) groups is 1. The highest BCUT2D eigenvalue weighted by Crippen LogP contribution is 2.33. The lowest BCUT2D eigenvalue weighted by molar-refractivity contribution is 0.0437. The molecule has 1 aliphatic rings. The number of rotatable bonds is 6. The molecule has 0 bridgehead atoms. The molecule has 136 valence electrons. The van der Waals surface area contributed by atoms with E-state index in [1.165, 1.54) is 11.1 Å². The average Bonchev–Trinajstić information content (AvgIpc) is 3.09. The maximum Gasteiger partial charge on any atom is 0.191 e. The molecule has 1 heterocycles. The Morgan fingerprint density at radius 1 is 1.28 bits per heavy atom. The van der Waals surface area contributed by atoms with E-state index in [2.05, 4.69) is 39.9 Å². The van der Waals surface area contributed by atoms with E-state index in [9.17, 15) is 5.11 Å². The van der Waals surface area contributed by atoms with E-state index in [1.54, 1.807) is 25.3 Å². The van der Waals surface area contributed by atoms with Crippen LogP contribution in [0.5, 0.6) is 0 Å². The summed E-state index contributed by atoms with van der Waals surface area (Å²) in [5.74, 6) is 1.76. The van der Waals surface area contributed by atoms with Gasteiger partial charge >= 0.3 is 0 Å². The molecule has 6 heteroatoms. The Kier molecular flexibility index (Phi) is 6.89. The minimum Gasteiger partial charge on any atom is -0.466 e. The predicted octanol–water partition coefficient (Wildman–Crippen LogP) is 3.00. The second-order valence-corrected chi connectivity index (χ2v) is 6.43. The van der Waals surface area contributed by atoms with Gasteiger partial charge in [-0.25, -0.2) is 4.99 Å². The number of nitrogens with one attached hydrogen (secondary N) is 2. The molecule has 2 unspecified atom stereocenters. The van der Waals surface area contributed by atoms with Gasteiger partial charge in [-0.2, -0.15) is 0 Å². The molecule has 0 spiro atoms. The predicted molar refractivity (Wildman–Crippen MR) is 111 cm³/mol. The van der Waals surface area contributed by atoms with Gasteiger partial charge in [0.25, 0.3) is 0 Å². The summed E-state index contributed by atoms with van der Waals surface area (Å²) in [6.45, 7) is 5.58. The summed E-state index contributed by atoms with van der Waals surface area (Å²) in [6.07, 6.45) is 2.66. The summed E-state index contributed by atoms with van der Waals surface area (Å²) < 4.78 is 5.29. The van der Waals surface area contributed by atoms with Crippen LogP contribution in [-0.4, -0.2) is 30.7 Å². The van der Waals surface area contributed by atoms with Gasteiger partial charge in [0, 0.05) is 19.0 Å². The molecule has 2 atom stereocenters. The number of fused-ring (bicyclic) bond motifs is 1. The van der Waals surface area contributed by atoms with E-state index in [1.807, 2.05) is 6.92 Å². The summed E-state index contributed by atoms with van der Waals surface area (Å²) >= 11 is 0. The number of hydrogen-bond acceptors (Lipinski definition) is 3. The van der Waals surface area contributed by atoms with Crippen LogP contribution in [0.4, 0.5) is 0 Å². The van der Waals surface area contributed by atoms with Gasteiger partial charge in [0.1, 0.15) is 11.4 Å².